The molecule has 1 aliphatic rings. The zero-order valence-corrected chi connectivity index (χ0v) is 10.6. The Bertz CT molecular complexity index is 416. The van der Waals surface area contributed by atoms with Gasteiger partial charge in [0.1, 0.15) is 12.1 Å². The van der Waals surface area contributed by atoms with E-state index in [1.165, 1.54) is 12.1 Å². The molecule has 4 heteroatoms. The minimum Gasteiger partial charge on any atom is -0.381 e. The highest BCUT2D eigenvalue weighted by atomic mass is 19.1. The summed E-state index contributed by atoms with van der Waals surface area (Å²) in [6.45, 7) is 1.84. The maximum absolute atomic E-state index is 13.2. The standard InChI is InChI=1S/C14H18FNO2/c1-16(13-4-2-3-12(15)9-13)10-14(11-17)5-7-18-8-6-14/h2-4,9,11H,5-8,10H2,1H3. The number of nitrogens with zero attached hydrogens (tertiary/aromatic N) is 1. The van der Waals surface area contributed by atoms with Crippen LogP contribution in [0, 0.1) is 11.2 Å². The molecule has 18 heavy (non-hydrogen) atoms. The second-order valence-corrected chi connectivity index (χ2v) is 4.93. The van der Waals surface area contributed by atoms with Gasteiger partial charge in [0.15, 0.2) is 0 Å². The van der Waals surface area contributed by atoms with Crippen LogP contribution in [0.15, 0.2) is 24.3 Å². The molecule has 98 valence electrons. The van der Waals surface area contributed by atoms with E-state index in [0.717, 1.165) is 24.8 Å². The molecule has 3 nitrogen and oxygen atoms in total. The fourth-order valence-electron chi connectivity index (χ4n) is 2.37. The number of benzene rings is 1. The molecule has 0 aliphatic carbocycles. The maximum Gasteiger partial charge on any atom is 0.128 e. The number of hydrogen-bond acceptors (Lipinski definition) is 3. The fourth-order valence-corrected chi connectivity index (χ4v) is 2.37. The number of hydrogen-bond donors (Lipinski definition) is 0. The van der Waals surface area contributed by atoms with Crippen molar-refractivity contribution in [3.8, 4) is 0 Å². The first-order valence-electron chi connectivity index (χ1n) is 6.16. The summed E-state index contributed by atoms with van der Waals surface area (Å²) in [6, 6.07) is 6.43. The van der Waals surface area contributed by atoms with Gasteiger partial charge in [0, 0.05) is 37.9 Å². The molecule has 0 atom stereocenters. The smallest absolute Gasteiger partial charge is 0.128 e. The van der Waals surface area contributed by atoms with Gasteiger partial charge in [-0.15, -0.1) is 0 Å². The van der Waals surface area contributed by atoms with Gasteiger partial charge >= 0.3 is 0 Å². The highest BCUT2D eigenvalue weighted by Gasteiger charge is 2.33. The zero-order valence-electron chi connectivity index (χ0n) is 10.6. The number of aldehydes is 1. The monoisotopic (exact) mass is 251 g/mol. The number of anilines is 1. The Kier molecular flexibility index (Phi) is 3.97. The topological polar surface area (TPSA) is 29.5 Å². The van der Waals surface area contributed by atoms with Crippen molar-refractivity contribution in [2.45, 2.75) is 12.8 Å². The second kappa shape index (κ2) is 5.48. The van der Waals surface area contributed by atoms with E-state index < -0.39 is 0 Å². The molecule has 0 radical (unpaired) electrons. The Labute approximate surface area is 107 Å². The Morgan fingerprint density at radius 2 is 2.17 bits per heavy atom. The van der Waals surface area contributed by atoms with Gasteiger partial charge in [-0.2, -0.15) is 0 Å². The molecule has 1 aliphatic heterocycles. The quantitative estimate of drug-likeness (QED) is 0.769. The zero-order chi connectivity index (χ0) is 13.0. The average Bonchev–Trinajstić information content (AvgIpc) is 2.40. The second-order valence-electron chi connectivity index (χ2n) is 4.93. The van der Waals surface area contributed by atoms with Crippen molar-refractivity contribution < 1.29 is 13.9 Å². The van der Waals surface area contributed by atoms with E-state index in [9.17, 15) is 9.18 Å². The van der Waals surface area contributed by atoms with Gasteiger partial charge in [-0.3, -0.25) is 0 Å². The van der Waals surface area contributed by atoms with Gasteiger partial charge < -0.3 is 14.4 Å². The van der Waals surface area contributed by atoms with Crippen LogP contribution in [0.3, 0.4) is 0 Å². The number of carbonyl (C=O) groups excluding carboxylic acids is 1. The van der Waals surface area contributed by atoms with Crippen LogP contribution in [-0.2, 0) is 9.53 Å². The first-order chi connectivity index (χ1) is 8.65. The van der Waals surface area contributed by atoms with Crippen molar-refractivity contribution >= 4 is 12.0 Å². The summed E-state index contributed by atoms with van der Waals surface area (Å²) in [5, 5.41) is 0. The molecule has 0 spiro atoms. The third-order valence-corrected chi connectivity index (χ3v) is 3.54. The van der Waals surface area contributed by atoms with Crippen LogP contribution in [0.4, 0.5) is 10.1 Å². The van der Waals surface area contributed by atoms with Gasteiger partial charge in [-0.1, -0.05) is 6.07 Å². The van der Waals surface area contributed by atoms with Crippen LogP contribution in [-0.4, -0.2) is 33.1 Å². The molecule has 1 heterocycles. The molecule has 1 aromatic rings. The normalized spacial score (nSPS) is 18.3. The van der Waals surface area contributed by atoms with Gasteiger partial charge in [0.25, 0.3) is 0 Å². The summed E-state index contributed by atoms with van der Waals surface area (Å²) in [7, 11) is 1.88. The van der Waals surface area contributed by atoms with Crippen LogP contribution in [0.1, 0.15) is 12.8 Å². The molecular formula is C14H18FNO2. The van der Waals surface area contributed by atoms with Gasteiger partial charge in [-0.25, -0.2) is 4.39 Å². The Morgan fingerprint density at radius 1 is 1.44 bits per heavy atom. The largest absolute Gasteiger partial charge is 0.381 e. The van der Waals surface area contributed by atoms with Crippen molar-refractivity contribution in [2.75, 3.05) is 31.7 Å². The Balaban J connectivity index is 2.09. The molecule has 0 aromatic heterocycles. The summed E-state index contributed by atoms with van der Waals surface area (Å²) >= 11 is 0. The minimum atomic E-state index is -0.362. The van der Waals surface area contributed by atoms with E-state index >= 15 is 0 Å². The Hall–Kier alpha value is -1.42. The first kappa shape index (κ1) is 13.0. The lowest BCUT2D eigenvalue weighted by atomic mass is 9.81. The molecule has 0 saturated carbocycles. The van der Waals surface area contributed by atoms with E-state index in [-0.39, 0.29) is 11.2 Å². The molecule has 2 rings (SSSR count). The van der Waals surface area contributed by atoms with Gasteiger partial charge in [-0.05, 0) is 31.0 Å². The SMILES string of the molecule is CN(CC1(C=O)CCOCC1)c1cccc(F)c1. The maximum atomic E-state index is 13.2. The number of carbonyl (C=O) groups is 1. The summed E-state index contributed by atoms with van der Waals surface area (Å²) in [6.07, 6.45) is 2.50. The molecule has 0 N–H and O–H groups in total. The predicted octanol–water partition coefficient (Wildman–Crippen LogP) is 2.26. The number of halogens is 1. The predicted molar refractivity (Wildman–Crippen MR) is 68.2 cm³/mol. The van der Waals surface area contributed by atoms with Crippen LogP contribution in [0.5, 0.6) is 0 Å². The molecule has 1 aromatic carbocycles. The lowest BCUT2D eigenvalue weighted by Crippen LogP contribution is -2.41. The molecule has 1 fully saturated rings. The fraction of sp³-hybridized carbons (Fsp3) is 0.500. The van der Waals surface area contributed by atoms with Crippen molar-refractivity contribution in [2.24, 2.45) is 5.41 Å². The van der Waals surface area contributed by atoms with Crippen molar-refractivity contribution in [3.05, 3.63) is 30.1 Å². The van der Waals surface area contributed by atoms with Crippen LogP contribution >= 0.6 is 0 Å². The van der Waals surface area contributed by atoms with E-state index in [4.69, 9.17) is 4.74 Å². The summed E-state index contributed by atoms with van der Waals surface area (Å²) in [4.78, 5) is 13.3. The summed E-state index contributed by atoms with van der Waals surface area (Å²) in [5.41, 5.74) is 0.432. The average molecular weight is 251 g/mol. The van der Waals surface area contributed by atoms with Crippen LogP contribution in [0.2, 0.25) is 0 Å². The molecule has 0 amide bonds. The van der Waals surface area contributed by atoms with Crippen molar-refractivity contribution in [3.63, 3.8) is 0 Å². The third kappa shape index (κ3) is 2.88. The highest BCUT2D eigenvalue weighted by Crippen LogP contribution is 2.30. The molecular weight excluding hydrogens is 233 g/mol. The number of rotatable bonds is 4. The summed E-state index contributed by atoms with van der Waals surface area (Å²) < 4.78 is 18.5. The van der Waals surface area contributed by atoms with E-state index in [2.05, 4.69) is 0 Å². The lowest BCUT2D eigenvalue weighted by molar-refractivity contribution is -0.120. The van der Waals surface area contributed by atoms with E-state index in [1.807, 2.05) is 18.0 Å². The third-order valence-electron chi connectivity index (χ3n) is 3.54. The minimum absolute atomic E-state index is 0.258. The number of ether oxygens (including phenoxy) is 1. The highest BCUT2D eigenvalue weighted by molar-refractivity contribution is 5.62. The first-order valence-corrected chi connectivity index (χ1v) is 6.16. The lowest BCUT2D eigenvalue weighted by Gasteiger charge is -2.36. The summed E-state index contributed by atoms with van der Waals surface area (Å²) in [5.74, 6) is -0.258. The molecule has 0 bridgehead atoms. The van der Waals surface area contributed by atoms with Crippen molar-refractivity contribution in [1.29, 1.82) is 0 Å². The van der Waals surface area contributed by atoms with Gasteiger partial charge in [0.05, 0.1) is 0 Å². The van der Waals surface area contributed by atoms with Crippen molar-refractivity contribution in [1.82, 2.24) is 0 Å². The van der Waals surface area contributed by atoms with E-state index in [0.29, 0.717) is 19.8 Å². The molecule has 0 unspecified atom stereocenters. The van der Waals surface area contributed by atoms with Crippen LogP contribution in [0.25, 0.3) is 0 Å². The van der Waals surface area contributed by atoms with Crippen LogP contribution < -0.4 is 4.90 Å². The van der Waals surface area contributed by atoms with E-state index in [1.54, 1.807) is 6.07 Å². The molecule has 1 saturated heterocycles. The Morgan fingerprint density at radius 3 is 2.78 bits per heavy atom. The van der Waals surface area contributed by atoms with Gasteiger partial charge in [0.2, 0.25) is 0 Å².